The van der Waals surface area contributed by atoms with Crippen molar-refractivity contribution in [2.45, 2.75) is 37.6 Å². The van der Waals surface area contributed by atoms with E-state index in [1.54, 1.807) is 0 Å². The molecule has 3 rings (SSSR count). The number of anilines is 1. The van der Waals surface area contributed by atoms with Crippen molar-refractivity contribution in [3.63, 3.8) is 0 Å². The predicted octanol–water partition coefficient (Wildman–Crippen LogP) is 4.43. The van der Waals surface area contributed by atoms with E-state index in [-0.39, 0.29) is 11.4 Å². The zero-order chi connectivity index (χ0) is 23.8. The smallest absolute Gasteiger partial charge is 0.425 e. The second-order valence-electron chi connectivity index (χ2n) is 7.13. The van der Waals surface area contributed by atoms with Gasteiger partial charge >= 0.3 is 6.18 Å². The lowest BCUT2D eigenvalue weighted by Crippen LogP contribution is -2.46. The van der Waals surface area contributed by atoms with Gasteiger partial charge in [0.15, 0.2) is 17.7 Å². The third-order valence-electron chi connectivity index (χ3n) is 4.71. The molecule has 0 bridgehead atoms. The Morgan fingerprint density at radius 2 is 1.97 bits per heavy atom. The summed E-state index contributed by atoms with van der Waals surface area (Å²) in [6, 6.07) is 2.59. The van der Waals surface area contributed by atoms with Crippen LogP contribution in [-0.4, -0.2) is 29.2 Å². The summed E-state index contributed by atoms with van der Waals surface area (Å²) in [5, 5.41) is 2.20. The van der Waals surface area contributed by atoms with Crippen LogP contribution in [0.2, 0.25) is 0 Å². The molecule has 0 fully saturated rings. The Labute approximate surface area is 176 Å². The van der Waals surface area contributed by atoms with E-state index < -0.39 is 65.4 Å². The van der Waals surface area contributed by atoms with Crippen molar-refractivity contribution in [1.82, 2.24) is 4.98 Å². The number of benzene rings is 1. The third kappa shape index (κ3) is 4.75. The standard InChI is InChI=1S/C19H15F7N4O2/c1-18(6-13(19(24,25)26)32-17(27)30-18)10-4-9(5-11(20)14(10)21)29-16(31)12-3-2-8(7-28-12)15(22)23/h2-5,7,13,15H,6H2,1H3,(H2,27,30)(H,29,31). The van der Waals surface area contributed by atoms with Crippen LogP contribution < -0.4 is 11.1 Å². The maximum absolute atomic E-state index is 14.5. The molecule has 1 aromatic heterocycles. The maximum Gasteiger partial charge on any atom is 0.425 e. The fourth-order valence-electron chi connectivity index (χ4n) is 3.13. The lowest BCUT2D eigenvalue weighted by atomic mass is 9.85. The van der Waals surface area contributed by atoms with E-state index in [9.17, 15) is 35.5 Å². The lowest BCUT2D eigenvalue weighted by Gasteiger charge is -2.36. The first-order chi connectivity index (χ1) is 14.8. The number of alkyl halides is 5. The maximum atomic E-state index is 14.5. The number of nitrogens with zero attached hydrogens (tertiary/aromatic N) is 2. The number of aromatic nitrogens is 1. The molecular weight excluding hydrogens is 449 g/mol. The number of amides is 1. The van der Waals surface area contributed by atoms with Gasteiger partial charge in [0, 0.05) is 35.5 Å². The Morgan fingerprint density at radius 3 is 2.53 bits per heavy atom. The van der Waals surface area contributed by atoms with Gasteiger partial charge in [-0.05, 0) is 25.1 Å². The topological polar surface area (TPSA) is 89.6 Å². The lowest BCUT2D eigenvalue weighted by molar-refractivity contribution is -0.208. The predicted molar refractivity (Wildman–Crippen MR) is 98.0 cm³/mol. The molecule has 32 heavy (non-hydrogen) atoms. The summed E-state index contributed by atoms with van der Waals surface area (Å²) in [6.07, 6.45) is -10.2. The highest BCUT2D eigenvalue weighted by Crippen LogP contribution is 2.41. The number of carbonyl (C=O) groups excluding carboxylic acids is 1. The molecule has 2 heterocycles. The van der Waals surface area contributed by atoms with Crippen molar-refractivity contribution in [3.8, 4) is 0 Å². The molecular formula is C19H15F7N4O2. The number of nitrogens with two attached hydrogens (primary N) is 1. The van der Waals surface area contributed by atoms with Crippen LogP contribution in [-0.2, 0) is 10.3 Å². The number of amidine groups is 1. The van der Waals surface area contributed by atoms with E-state index in [0.29, 0.717) is 6.07 Å². The normalized spacial score (nSPS) is 21.2. The van der Waals surface area contributed by atoms with Crippen LogP contribution in [0.5, 0.6) is 0 Å². The zero-order valence-electron chi connectivity index (χ0n) is 16.2. The largest absolute Gasteiger partial charge is 0.452 e. The van der Waals surface area contributed by atoms with E-state index in [4.69, 9.17) is 5.73 Å². The van der Waals surface area contributed by atoms with Gasteiger partial charge in [0.2, 0.25) is 0 Å². The molecule has 1 aromatic carbocycles. The zero-order valence-corrected chi connectivity index (χ0v) is 16.2. The summed E-state index contributed by atoms with van der Waals surface area (Å²) >= 11 is 0. The van der Waals surface area contributed by atoms with Gasteiger partial charge in [0.25, 0.3) is 18.4 Å². The van der Waals surface area contributed by atoms with Crippen molar-refractivity contribution in [1.29, 1.82) is 0 Å². The fraction of sp³-hybridized carbons (Fsp3) is 0.316. The van der Waals surface area contributed by atoms with E-state index in [2.05, 4.69) is 20.0 Å². The second-order valence-corrected chi connectivity index (χ2v) is 7.13. The minimum atomic E-state index is -4.85. The molecule has 2 aromatic rings. The Kier molecular flexibility index (Phi) is 6.03. The summed E-state index contributed by atoms with van der Waals surface area (Å²) in [7, 11) is 0. The van der Waals surface area contributed by atoms with Crippen molar-refractivity contribution < 1.29 is 40.3 Å². The van der Waals surface area contributed by atoms with Crippen LogP contribution in [0.25, 0.3) is 0 Å². The van der Waals surface area contributed by atoms with Gasteiger partial charge in [-0.3, -0.25) is 9.78 Å². The van der Waals surface area contributed by atoms with Gasteiger partial charge in [-0.2, -0.15) is 13.2 Å². The highest BCUT2D eigenvalue weighted by molar-refractivity contribution is 6.02. The van der Waals surface area contributed by atoms with Crippen LogP contribution in [0.3, 0.4) is 0 Å². The minimum Gasteiger partial charge on any atom is -0.452 e. The summed E-state index contributed by atoms with van der Waals surface area (Å²) in [6.45, 7) is 1.11. The summed E-state index contributed by atoms with van der Waals surface area (Å²) in [5.74, 6) is -3.90. The first kappa shape index (κ1) is 23.3. The van der Waals surface area contributed by atoms with Crippen LogP contribution in [0.15, 0.2) is 35.5 Å². The highest BCUT2D eigenvalue weighted by atomic mass is 19.4. The molecule has 2 unspecified atom stereocenters. The van der Waals surface area contributed by atoms with Crippen LogP contribution in [0.1, 0.15) is 41.4 Å². The molecule has 13 heteroatoms. The SMILES string of the molecule is CC1(c2cc(NC(=O)c3ccc(C(F)F)cn3)cc(F)c2F)CC(C(F)(F)F)OC(N)=N1. The monoisotopic (exact) mass is 464 g/mol. The first-order valence-electron chi connectivity index (χ1n) is 8.94. The molecule has 6 nitrogen and oxygen atoms in total. The van der Waals surface area contributed by atoms with E-state index in [0.717, 1.165) is 31.3 Å². The number of hydrogen-bond acceptors (Lipinski definition) is 5. The Bertz CT molecular complexity index is 1060. The van der Waals surface area contributed by atoms with Gasteiger partial charge in [-0.15, -0.1) is 0 Å². The molecule has 1 aliphatic rings. The third-order valence-corrected chi connectivity index (χ3v) is 4.71. The number of halogens is 7. The molecule has 1 aliphatic heterocycles. The summed E-state index contributed by atoms with van der Waals surface area (Å²) < 4.78 is 97.9. The molecule has 1 amide bonds. The molecule has 0 saturated carbocycles. The van der Waals surface area contributed by atoms with Gasteiger partial charge < -0.3 is 15.8 Å². The highest BCUT2D eigenvalue weighted by Gasteiger charge is 2.50. The molecule has 0 saturated heterocycles. The molecule has 172 valence electrons. The molecule has 2 atom stereocenters. The number of pyridine rings is 1. The Hall–Kier alpha value is -3.38. The number of hydrogen-bond donors (Lipinski definition) is 2. The number of aliphatic imine (C=N–C) groups is 1. The molecule has 3 N–H and O–H groups in total. The van der Waals surface area contributed by atoms with E-state index in [1.807, 2.05) is 0 Å². The fourth-order valence-corrected chi connectivity index (χ4v) is 3.13. The number of ether oxygens (including phenoxy) is 1. The number of carbonyl (C=O) groups is 1. The summed E-state index contributed by atoms with van der Waals surface area (Å²) in [4.78, 5) is 19.6. The van der Waals surface area contributed by atoms with Gasteiger partial charge in [0.05, 0.1) is 5.54 Å². The van der Waals surface area contributed by atoms with E-state index in [1.165, 1.54) is 0 Å². The van der Waals surface area contributed by atoms with Gasteiger partial charge in [0.1, 0.15) is 5.69 Å². The molecule has 0 radical (unpaired) electrons. The second kappa shape index (κ2) is 8.28. The Balaban J connectivity index is 1.94. The van der Waals surface area contributed by atoms with Gasteiger partial charge in [-0.25, -0.2) is 22.6 Å². The van der Waals surface area contributed by atoms with E-state index >= 15 is 0 Å². The minimum absolute atomic E-state index is 0.308. The first-order valence-corrected chi connectivity index (χ1v) is 8.94. The Morgan fingerprint density at radius 1 is 1.28 bits per heavy atom. The van der Waals surface area contributed by atoms with Crippen LogP contribution in [0, 0.1) is 11.6 Å². The van der Waals surface area contributed by atoms with Crippen LogP contribution in [0.4, 0.5) is 36.4 Å². The van der Waals surface area contributed by atoms with Crippen molar-refractivity contribution >= 4 is 17.6 Å². The average molecular weight is 464 g/mol. The van der Waals surface area contributed by atoms with Gasteiger partial charge in [-0.1, -0.05) is 0 Å². The summed E-state index contributed by atoms with van der Waals surface area (Å²) in [5.41, 5.74) is 1.70. The molecule has 0 spiro atoms. The van der Waals surface area contributed by atoms with Crippen molar-refractivity contribution in [2.75, 3.05) is 5.32 Å². The number of nitrogens with one attached hydrogen (secondary N) is 1. The average Bonchev–Trinajstić information content (AvgIpc) is 2.69. The molecule has 0 aliphatic carbocycles. The van der Waals surface area contributed by atoms with Crippen molar-refractivity contribution in [2.24, 2.45) is 10.7 Å². The quantitative estimate of drug-likeness (QED) is 0.656. The number of rotatable bonds is 4. The van der Waals surface area contributed by atoms with Crippen molar-refractivity contribution in [3.05, 3.63) is 58.9 Å². The van der Waals surface area contributed by atoms with Crippen LogP contribution >= 0.6 is 0 Å².